The van der Waals surface area contributed by atoms with E-state index in [9.17, 15) is 18.0 Å². The number of hydrogen-bond acceptors (Lipinski definition) is 6. The molecule has 1 amide bonds. The van der Waals surface area contributed by atoms with Crippen LogP contribution in [0.3, 0.4) is 0 Å². The molecule has 10 heteroatoms. The molecule has 3 rings (SSSR count). The van der Waals surface area contributed by atoms with Crippen LogP contribution >= 0.6 is 11.6 Å². The van der Waals surface area contributed by atoms with E-state index in [0.29, 0.717) is 11.4 Å². The fourth-order valence-electron chi connectivity index (χ4n) is 3.06. The molecule has 34 heavy (non-hydrogen) atoms. The summed E-state index contributed by atoms with van der Waals surface area (Å²) in [6.45, 7) is 1.40. The van der Waals surface area contributed by atoms with E-state index in [1.807, 2.05) is 0 Å². The first-order chi connectivity index (χ1) is 16.3. The topological polar surface area (TPSA) is 102 Å². The molecule has 0 bridgehead atoms. The fourth-order valence-corrected chi connectivity index (χ4v) is 4.71. The van der Waals surface area contributed by atoms with Gasteiger partial charge in [-0.05, 0) is 61.5 Å². The van der Waals surface area contributed by atoms with Crippen LogP contribution in [0.15, 0.2) is 77.7 Å². The molecular formula is C24H23ClN2O6S. The van der Waals surface area contributed by atoms with Crippen molar-refractivity contribution in [2.45, 2.75) is 11.8 Å². The average molecular weight is 503 g/mol. The van der Waals surface area contributed by atoms with Gasteiger partial charge in [0.05, 0.1) is 40.6 Å². The molecule has 0 radical (unpaired) electrons. The Morgan fingerprint density at radius 2 is 1.68 bits per heavy atom. The van der Waals surface area contributed by atoms with E-state index in [-0.39, 0.29) is 27.8 Å². The molecule has 178 valence electrons. The molecule has 1 N–H and O–H groups in total. The highest BCUT2D eigenvalue weighted by Crippen LogP contribution is 2.27. The molecule has 0 saturated carbocycles. The van der Waals surface area contributed by atoms with Gasteiger partial charge in [-0.1, -0.05) is 29.8 Å². The lowest BCUT2D eigenvalue weighted by Gasteiger charge is -2.24. The van der Waals surface area contributed by atoms with Crippen LogP contribution in [0.4, 0.5) is 11.4 Å². The van der Waals surface area contributed by atoms with Gasteiger partial charge in [-0.25, -0.2) is 13.2 Å². The third kappa shape index (κ3) is 5.86. The standard InChI is InChI=1S/C24H23ClN2O6S/c1-3-33-24(29)17-9-14-22(21(25)15-17)26-23(28)16-27(18-7-5-4-6-8-18)34(30,31)20-12-10-19(32-2)11-13-20/h4-15H,3,16H2,1-2H3,(H,26,28). The molecule has 3 aromatic carbocycles. The normalized spacial score (nSPS) is 10.9. The number of methoxy groups -OCH3 is 1. The summed E-state index contributed by atoms with van der Waals surface area (Å²) in [5.74, 6) is -0.654. The maximum absolute atomic E-state index is 13.4. The number of sulfonamides is 1. The van der Waals surface area contributed by atoms with Crippen molar-refractivity contribution in [2.75, 3.05) is 29.9 Å². The summed E-state index contributed by atoms with van der Waals surface area (Å²) in [7, 11) is -2.60. The van der Waals surface area contributed by atoms with Crippen LogP contribution in [0.5, 0.6) is 5.75 Å². The number of anilines is 2. The maximum Gasteiger partial charge on any atom is 0.338 e. The van der Waals surface area contributed by atoms with Crippen LogP contribution in [0, 0.1) is 0 Å². The van der Waals surface area contributed by atoms with Gasteiger partial charge < -0.3 is 14.8 Å². The number of carbonyl (C=O) groups is 2. The molecule has 0 fully saturated rings. The SMILES string of the molecule is CCOC(=O)c1ccc(NC(=O)CN(c2ccccc2)S(=O)(=O)c2ccc(OC)cc2)c(Cl)c1. The lowest BCUT2D eigenvalue weighted by atomic mass is 10.2. The van der Waals surface area contributed by atoms with Gasteiger partial charge in [0.1, 0.15) is 12.3 Å². The van der Waals surface area contributed by atoms with Crippen LogP contribution in [0.1, 0.15) is 17.3 Å². The highest BCUT2D eigenvalue weighted by atomic mass is 35.5. The van der Waals surface area contributed by atoms with Crippen LogP contribution in [0.25, 0.3) is 0 Å². The average Bonchev–Trinajstić information content (AvgIpc) is 2.84. The molecule has 0 atom stereocenters. The van der Waals surface area contributed by atoms with E-state index in [1.54, 1.807) is 37.3 Å². The van der Waals surface area contributed by atoms with Crippen molar-refractivity contribution in [3.05, 3.63) is 83.4 Å². The number of benzene rings is 3. The van der Waals surface area contributed by atoms with Gasteiger partial charge in [0.15, 0.2) is 0 Å². The van der Waals surface area contributed by atoms with Crippen molar-refractivity contribution in [3.8, 4) is 5.75 Å². The fraction of sp³-hybridized carbons (Fsp3) is 0.167. The lowest BCUT2D eigenvalue weighted by molar-refractivity contribution is -0.114. The predicted molar refractivity (Wildman–Crippen MR) is 130 cm³/mol. The second kappa shape index (κ2) is 11.0. The molecule has 0 unspecified atom stereocenters. The minimum atomic E-state index is -4.08. The summed E-state index contributed by atoms with van der Waals surface area (Å²) in [5.41, 5.74) is 0.782. The Labute approximate surface area is 203 Å². The van der Waals surface area contributed by atoms with Crippen LogP contribution in [-0.4, -0.2) is 40.6 Å². The highest BCUT2D eigenvalue weighted by molar-refractivity contribution is 7.92. The molecule has 0 heterocycles. The minimum absolute atomic E-state index is 0.00164. The number of esters is 1. The van der Waals surface area contributed by atoms with Crippen molar-refractivity contribution < 1.29 is 27.5 Å². The lowest BCUT2D eigenvalue weighted by Crippen LogP contribution is -2.38. The van der Waals surface area contributed by atoms with Gasteiger partial charge in [-0.3, -0.25) is 9.10 Å². The first-order valence-corrected chi connectivity index (χ1v) is 12.1. The van der Waals surface area contributed by atoms with Crippen LogP contribution in [0.2, 0.25) is 5.02 Å². The number of para-hydroxylation sites is 1. The summed E-state index contributed by atoms with van der Waals surface area (Å²) >= 11 is 6.22. The van der Waals surface area contributed by atoms with Crippen molar-refractivity contribution in [1.29, 1.82) is 0 Å². The predicted octanol–water partition coefficient (Wildman–Crippen LogP) is 4.36. The van der Waals surface area contributed by atoms with Crippen molar-refractivity contribution in [1.82, 2.24) is 0 Å². The number of nitrogens with one attached hydrogen (secondary N) is 1. The molecular weight excluding hydrogens is 480 g/mol. The quantitative estimate of drug-likeness (QED) is 0.436. The van der Waals surface area contributed by atoms with Gasteiger partial charge in [-0.2, -0.15) is 0 Å². The summed E-state index contributed by atoms with van der Waals surface area (Å²) in [4.78, 5) is 24.7. The molecule has 0 aliphatic carbocycles. The van der Waals surface area contributed by atoms with E-state index >= 15 is 0 Å². The number of nitrogens with zero attached hydrogens (tertiary/aromatic N) is 1. The molecule has 0 saturated heterocycles. The maximum atomic E-state index is 13.4. The first kappa shape index (κ1) is 25.1. The van der Waals surface area contributed by atoms with Crippen LogP contribution < -0.4 is 14.4 Å². The van der Waals surface area contributed by atoms with E-state index in [1.165, 1.54) is 49.6 Å². The molecule has 3 aromatic rings. The van der Waals surface area contributed by atoms with Gasteiger partial charge >= 0.3 is 5.97 Å². The highest BCUT2D eigenvalue weighted by Gasteiger charge is 2.27. The Kier molecular flexibility index (Phi) is 8.14. The zero-order valence-electron chi connectivity index (χ0n) is 18.5. The molecule has 0 aliphatic heterocycles. The summed E-state index contributed by atoms with van der Waals surface area (Å²) in [6, 6.07) is 18.4. The number of rotatable bonds is 9. The smallest absolute Gasteiger partial charge is 0.338 e. The first-order valence-electron chi connectivity index (χ1n) is 10.2. The van der Waals surface area contributed by atoms with Crippen molar-refractivity contribution in [2.24, 2.45) is 0 Å². The Balaban J connectivity index is 1.86. The van der Waals surface area contributed by atoms with Crippen molar-refractivity contribution in [3.63, 3.8) is 0 Å². The second-order valence-corrected chi connectivity index (χ2v) is 9.26. The van der Waals surface area contributed by atoms with Gasteiger partial charge in [-0.15, -0.1) is 0 Å². The van der Waals surface area contributed by atoms with Gasteiger partial charge in [0.2, 0.25) is 5.91 Å². The Bertz CT molecular complexity index is 1260. The monoisotopic (exact) mass is 502 g/mol. The third-order valence-electron chi connectivity index (χ3n) is 4.73. The van der Waals surface area contributed by atoms with Gasteiger partial charge in [0, 0.05) is 0 Å². The number of ether oxygens (including phenoxy) is 2. The van der Waals surface area contributed by atoms with E-state index in [0.717, 1.165) is 4.31 Å². The summed E-state index contributed by atoms with van der Waals surface area (Å²) < 4.78 is 37.8. The Morgan fingerprint density at radius 1 is 1.00 bits per heavy atom. The summed E-state index contributed by atoms with van der Waals surface area (Å²) in [6.07, 6.45) is 0. The zero-order chi connectivity index (χ0) is 24.7. The Hall–Kier alpha value is -3.56. The van der Waals surface area contributed by atoms with Gasteiger partial charge in [0.25, 0.3) is 10.0 Å². The van der Waals surface area contributed by atoms with E-state index in [2.05, 4.69) is 5.32 Å². The number of carbonyl (C=O) groups excluding carboxylic acids is 2. The zero-order valence-corrected chi connectivity index (χ0v) is 20.1. The van der Waals surface area contributed by atoms with E-state index in [4.69, 9.17) is 21.1 Å². The Morgan fingerprint density at radius 3 is 2.26 bits per heavy atom. The molecule has 0 aromatic heterocycles. The number of halogens is 1. The second-order valence-electron chi connectivity index (χ2n) is 6.99. The largest absolute Gasteiger partial charge is 0.497 e. The van der Waals surface area contributed by atoms with E-state index < -0.39 is 28.4 Å². The van der Waals surface area contributed by atoms with Crippen LogP contribution in [-0.2, 0) is 19.6 Å². The minimum Gasteiger partial charge on any atom is -0.497 e. The third-order valence-corrected chi connectivity index (χ3v) is 6.83. The molecule has 8 nitrogen and oxygen atoms in total. The number of amides is 1. The molecule has 0 aliphatic rings. The number of hydrogen-bond donors (Lipinski definition) is 1. The molecule has 0 spiro atoms. The summed E-state index contributed by atoms with van der Waals surface area (Å²) in [5, 5.41) is 2.72. The van der Waals surface area contributed by atoms with Crippen molar-refractivity contribution >= 4 is 44.9 Å².